The van der Waals surface area contributed by atoms with Crippen molar-refractivity contribution in [2.24, 2.45) is 0 Å². The van der Waals surface area contributed by atoms with Crippen LogP contribution in [0.3, 0.4) is 0 Å². The number of hydrogen-bond donors (Lipinski definition) is 4. The lowest BCUT2D eigenvalue weighted by Crippen LogP contribution is -2.49. The quantitative estimate of drug-likeness (QED) is 0.138. The second-order valence-corrected chi connectivity index (χ2v) is 14.3. The summed E-state index contributed by atoms with van der Waals surface area (Å²) >= 11 is 6.81. The maximum atomic E-state index is 13.6. The summed E-state index contributed by atoms with van der Waals surface area (Å²) in [6.45, 7) is 2.88. The Labute approximate surface area is 331 Å². The molecule has 0 radical (unpaired) electrons. The van der Waals surface area contributed by atoms with Gasteiger partial charge in [0.05, 0.1) is 43.9 Å². The number of carbonyl (C=O) groups excluding carboxylic acids is 2. The number of fused-ring (bicyclic) bond motifs is 10. The minimum absolute atomic E-state index is 0.0182. The average molecular weight is 802 g/mol. The zero-order chi connectivity index (χ0) is 41.1. The molecule has 2 aromatic carbocycles. The number of rotatable bonds is 12. The lowest BCUT2D eigenvalue weighted by Gasteiger charge is -2.32. The molecule has 1 aliphatic carbocycles. The molecule has 0 aromatic heterocycles. The first-order valence-electron chi connectivity index (χ1n) is 17.5. The largest absolute Gasteiger partial charge is 0.497 e. The summed E-state index contributed by atoms with van der Waals surface area (Å²) in [5, 5.41) is 37.4. The summed E-state index contributed by atoms with van der Waals surface area (Å²) in [5.74, 6) is 7.45. The lowest BCUT2D eigenvalue weighted by molar-refractivity contribution is -0.161. The van der Waals surface area contributed by atoms with Crippen LogP contribution in [0.2, 0.25) is 5.02 Å². The van der Waals surface area contributed by atoms with Gasteiger partial charge in [0.25, 0.3) is 0 Å². The predicted molar refractivity (Wildman–Crippen MR) is 201 cm³/mol. The zero-order valence-corrected chi connectivity index (χ0v) is 32.8. The fourth-order valence-corrected chi connectivity index (χ4v) is 5.99. The number of aliphatic hydroxyl groups excluding tert-OH is 1. The summed E-state index contributed by atoms with van der Waals surface area (Å²) < 4.78 is 50.3. The molecule has 3 aliphatic rings. The van der Waals surface area contributed by atoms with Crippen LogP contribution in [-0.2, 0) is 39.8 Å². The Morgan fingerprint density at radius 3 is 2.45 bits per heavy atom. The molecule has 4 N–H and O–H groups in total. The third-order valence-corrected chi connectivity index (χ3v) is 8.85. The van der Waals surface area contributed by atoms with E-state index in [9.17, 15) is 24.9 Å². The monoisotopic (exact) mass is 801 g/mol. The number of esters is 1. The van der Waals surface area contributed by atoms with Crippen LogP contribution in [0.1, 0.15) is 50.8 Å². The van der Waals surface area contributed by atoms with Crippen molar-refractivity contribution in [1.82, 2.24) is 5.32 Å². The Hall–Kier alpha value is -4.55. The smallest absolute Gasteiger partial charge is 0.408 e. The number of hydrogen-bond acceptors (Lipinski definition) is 14. The Balaban J connectivity index is 1.87. The van der Waals surface area contributed by atoms with E-state index >= 15 is 0 Å². The third kappa shape index (κ3) is 11.5. The topological polar surface area (TPSA) is 190 Å². The summed E-state index contributed by atoms with van der Waals surface area (Å²) in [4.78, 5) is 26.6. The number of nitrogens with one attached hydrogen (secondary N) is 1. The maximum Gasteiger partial charge on any atom is 0.408 e. The summed E-state index contributed by atoms with van der Waals surface area (Å²) in [5.41, 5.74) is -4.46. The van der Waals surface area contributed by atoms with Gasteiger partial charge in [0.15, 0.2) is 30.0 Å². The molecule has 2 aromatic rings. The van der Waals surface area contributed by atoms with Gasteiger partial charge in [0.2, 0.25) is 0 Å². The van der Waals surface area contributed by atoms with Gasteiger partial charge in [-0.3, -0.25) is 4.79 Å². The fraction of sp³-hybridized carbons (Fsp3) is 0.500. The molecule has 15 nitrogen and oxygen atoms in total. The highest BCUT2D eigenvalue weighted by Crippen LogP contribution is 2.43. The molecule has 2 heterocycles. The Morgan fingerprint density at radius 1 is 1.11 bits per heavy atom. The molecule has 16 heteroatoms. The Kier molecular flexibility index (Phi) is 15.4. The van der Waals surface area contributed by atoms with E-state index in [2.05, 4.69) is 23.1 Å². The van der Waals surface area contributed by atoms with Crippen molar-refractivity contribution in [3.05, 3.63) is 64.2 Å². The molecule has 0 saturated carbocycles. The number of amides is 1. The van der Waals surface area contributed by atoms with Gasteiger partial charge in [-0.15, -0.1) is 6.42 Å². The summed E-state index contributed by atoms with van der Waals surface area (Å²) in [7, 11) is 4.34. The molecule has 0 spiro atoms. The van der Waals surface area contributed by atoms with Crippen molar-refractivity contribution < 1.29 is 67.5 Å². The molecule has 0 saturated heterocycles. The van der Waals surface area contributed by atoms with Gasteiger partial charge < -0.3 is 63.3 Å². The molecule has 304 valence electrons. The van der Waals surface area contributed by atoms with Crippen molar-refractivity contribution in [2.45, 2.75) is 81.4 Å². The van der Waals surface area contributed by atoms with Gasteiger partial charge in [-0.2, -0.15) is 0 Å². The van der Waals surface area contributed by atoms with Crippen molar-refractivity contribution in [3.8, 4) is 41.4 Å². The molecule has 0 fully saturated rings. The highest BCUT2D eigenvalue weighted by Gasteiger charge is 2.48. The van der Waals surface area contributed by atoms with Gasteiger partial charge in [0.1, 0.15) is 36.5 Å². The molecule has 6 atom stereocenters. The van der Waals surface area contributed by atoms with Crippen LogP contribution >= 0.6 is 11.6 Å². The molecule has 2 bridgehead atoms. The number of benzene rings is 2. The zero-order valence-electron chi connectivity index (χ0n) is 32.1. The van der Waals surface area contributed by atoms with Crippen molar-refractivity contribution in [2.75, 3.05) is 48.1 Å². The first kappa shape index (κ1) is 44.2. The van der Waals surface area contributed by atoms with Crippen molar-refractivity contribution in [1.29, 1.82) is 0 Å². The number of methoxy groups -OCH3 is 3. The SMILES string of the molecule is C#C[C@H]1Oc2c(Cl)cc(cc2OCOC)[C@@H](NC(=O)OC(C)(C)C)CC(=O)OC[C@H](OCc2ccc(OC)cc2)[C@@](O)(CO)C#CC2=C[C@@H](OCOC)C[C@@]21O. The van der Waals surface area contributed by atoms with Crippen LogP contribution in [0.4, 0.5) is 4.79 Å². The van der Waals surface area contributed by atoms with Crippen LogP contribution < -0.4 is 19.5 Å². The van der Waals surface area contributed by atoms with Crippen LogP contribution in [0, 0.1) is 24.2 Å². The van der Waals surface area contributed by atoms with Crippen LogP contribution in [0.15, 0.2) is 48.0 Å². The summed E-state index contributed by atoms with van der Waals surface area (Å²) in [6.07, 6.45) is 2.22. The number of halogens is 1. The van der Waals surface area contributed by atoms with Crippen molar-refractivity contribution in [3.63, 3.8) is 0 Å². The van der Waals surface area contributed by atoms with E-state index in [0.717, 1.165) is 0 Å². The standard InChI is InChI=1S/C40H48ClNO14/c1-8-33-40(47)19-29(53-23-48-5)17-27(40)13-14-39(46,22-43)34(51-20-25-9-11-28(50-7)12-10-25)21-52-35(44)18-31(42-37(45)56-38(2,3)4)26-15-30(41)36(55-33)32(16-26)54-24-49-6/h1,9-12,15-17,29,31,33-34,43,46-47H,18-24H2,2-7H3,(H,42,45)/t29-,31+,33-,34+,39+,40-/m1/s1. The molecular weight excluding hydrogens is 754 g/mol. The highest BCUT2D eigenvalue weighted by molar-refractivity contribution is 6.32. The Bertz CT molecular complexity index is 1810. The Morgan fingerprint density at radius 2 is 1.82 bits per heavy atom. The first-order valence-corrected chi connectivity index (χ1v) is 17.8. The van der Waals surface area contributed by atoms with Gasteiger partial charge in [-0.1, -0.05) is 41.5 Å². The normalized spacial score (nSPS) is 25.2. The number of terminal acetylenes is 1. The molecule has 0 unspecified atom stereocenters. The van der Waals surface area contributed by atoms with Crippen LogP contribution in [0.5, 0.6) is 17.2 Å². The van der Waals surface area contributed by atoms with E-state index in [-0.39, 0.29) is 54.3 Å². The molecule has 56 heavy (non-hydrogen) atoms. The highest BCUT2D eigenvalue weighted by atomic mass is 35.5. The second kappa shape index (κ2) is 19.5. The number of aliphatic hydroxyl groups is 3. The molecule has 1 amide bonds. The van der Waals surface area contributed by atoms with E-state index in [1.54, 1.807) is 45.0 Å². The maximum absolute atomic E-state index is 13.6. The van der Waals surface area contributed by atoms with E-state index in [1.165, 1.54) is 39.5 Å². The third-order valence-electron chi connectivity index (χ3n) is 8.57. The van der Waals surface area contributed by atoms with Gasteiger partial charge in [-0.25, -0.2) is 4.79 Å². The fourth-order valence-electron chi connectivity index (χ4n) is 5.72. The predicted octanol–water partition coefficient (Wildman–Crippen LogP) is 3.59. The average Bonchev–Trinajstić information content (AvgIpc) is 3.48. The van der Waals surface area contributed by atoms with E-state index in [1.807, 2.05) is 0 Å². The van der Waals surface area contributed by atoms with Crippen LogP contribution in [0.25, 0.3) is 0 Å². The number of ether oxygens (including phenoxy) is 9. The van der Waals surface area contributed by atoms with Gasteiger partial charge in [0, 0.05) is 26.2 Å². The molecule has 5 rings (SSSR count). The van der Waals surface area contributed by atoms with Crippen molar-refractivity contribution >= 4 is 23.7 Å². The second-order valence-electron chi connectivity index (χ2n) is 13.9. The first-order chi connectivity index (χ1) is 26.6. The van der Waals surface area contributed by atoms with Gasteiger partial charge in [-0.05, 0) is 62.2 Å². The number of alkyl carbamates (subject to hydrolysis) is 1. The minimum Gasteiger partial charge on any atom is -0.497 e. The minimum atomic E-state index is -2.38. The molecule has 2 aliphatic heterocycles. The van der Waals surface area contributed by atoms with E-state index in [0.29, 0.717) is 11.3 Å². The van der Waals surface area contributed by atoms with Crippen LogP contribution in [-0.4, -0.2) is 111 Å². The lowest BCUT2D eigenvalue weighted by atomic mass is 9.88. The van der Waals surface area contributed by atoms with E-state index < -0.39 is 72.9 Å². The van der Waals surface area contributed by atoms with E-state index in [4.69, 9.17) is 60.7 Å². The summed E-state index contributed by atoms with van der Waals surface area (Å²) in [6, 6.07) is 8.61. The number of carbonyl (C=O) groups is 2. The molecular formula is C40H48ClNO14. The van der Waals surface area contributed by atoms with Gasteiger partial charge >= 0.3 is 12.1 Å².